The summed E-state index contributed by atoms with van der Waals surface area (Å²) in [4.78, 5) is 27.3. The number of sulfonamides is 1. The molecule has 11 heteroatoms. The number of hydrogen-bond donors (Lipinski definition) is 4. The maximum Gasteiger partial charge on any atom is 0.243 e. The summed E-state index contributed by atoms with van der Waals surface area (Å²) in [7, 11) is -4.13. The smallest absolute Gasteiger partial charge is 0.243 e. The fourth-order valence-electron chi connectivity index (χ4n) is 6.03. The highest BCUT2D eigenvalue weighted by atomic mass is 35.5. The molecule has 1 aromatic carbocycles. The van der Waals surface area contributed by atoms with Crippen LogP contribution in [0.5, 0.6) is 0 Å². The Labute approximate surface area is 255 Å². The van der Waals surface area contributed by atoms with Gasteiger partial charge in [-0.1, -0.05) is 51.3 Å². The van der Waals surface area contributed by atoms with Crippen molar-refractivity contribution < 1.29 is 18.0 Å². The van der Waals surface area contributed by atoms with Gasteiger partial charge in [-0.15, -0.1) is 23.7 Å². The first-order chi connectivity index (χ1) is 19.3. The Bertz CT molecular complexity index is 1230. The quantitative estimate of drug-likeness (QED) is 0.243. The van der Waals surface area contributed by atoms with Gasteiger partial charge >= 0.3 is 0 Å². The van der Waals surface area contributed by atoms with Crippen molar-refractivity contribution in [3.05, 3.63) is 35.7 Å². The molecule has 0 radical (unpaired) electrons. The second kappa shape index (κ2) is 16.1. The Morgan fingerprint density at radius 3 is 2.49 bits per heavy atom. The molecule has 228 valence electrons. The number of benzene rings is 1. The molecule has 1 aromatic heterocycles. The first-order valence-electron chi connectivity index (χ1n) is 14.8. The van der Waals surface area contributed by atoms with Gasteiger partial charge in [-0.25, -0.2) is 13.1 Å². The second-order valence-electron chi connectivity index (χ2n) is 11.0. The molecule has 4 N–H and O–H groups in total. The van der Waals surface area contributed by atoms with E-state index in [0.29, 0.717) is 24.4 Å². The molecule has 2 unspecified atom stereocenters. The fraction of sp³-hybridized carbons (Fsp3) is 0.600. The van der Waals surface area contributed by atoms with E-state index in [1.807, 2.05) is 23.6 Å². The van der Waals surface area contributed by atoms with Crippen LogP contribution in [0.25, 0.3) is 10.4 Å². The topological polar surface area (TPSA) is 116 Å². The van der Waals surface area contributed by atoms with Gasteiger partial charge in [-0.3, -0.25) is 9.59 Å². The van der Waals surface area contributed by atoms with Crippen LogP contribution in [0.15, 0.2) is 40.6 Å². The minimum atomic E-state index is -4.13. The molecule has 3 atom stereocenters. The van der Waals surface area contributed by atoms with Crippen molar-refractivity contribution in [2.24, 2.45) is 17.8 Å². The van der Waals surface area contributed by atoms with Crippen molar-refractivity contribution in [1.82, 2.24) is 15.4 Å². The zero-order valence-electron chi connectivity index (χ0n) is 24.1. The molecule has 2 saturated heterocycles. The summed E-state index contributed by atoms with van der Waals surface area (Å²) >= 11 is 1.48. The van der Waals surface area contributed by atoms with Crippen molar-refractivity contribution in [2.45, 2.75) is 76.2 Å². The van der Waals surface area contributed by atoms with Gasteiger partial charge in [0.1, 0.15) is 4.90 Å². The number of anilines is 1. The van der Waals surface area contributed by atoms with E-state index < -0.39 is 16.1 Å². The van der Waals surface area contributed by atoms with Crippen LogP contribution in [0.2, 0.25) is 0 Å². The molecule has 2 aliphatic rings. The van der Waals surface area contributed by atoms with Gasteiger partial charge in [0, 0.05) is 29.3 Å². The number of hydrogen-bond acceptors (Lipinski definition) is 7. The largest absolute Gasteiger partial charge is 0.324 e. The predicted molar refractivity (Wildman–Crippen MR) is 169 cm³/mol. The number of nitrogens with one attached hydrogen (secondary N) is 4. The maximum absolute atomic E-state index is 14.0. The Morgan fingerprint density at radius 1 is 1.05 bits per heavy atom. The summed E-state index contributed by atoms with van der Waals surface area (Å²) in [5.41, 5.74) is 0.909. The molecule has 0 saturated carbocycles. The number of carbonyl (C=O) groups is 2. The second-order valence-corrected chi connectivity index (χ2v) is 13.7. The summed E-state index contributed by atoms with van der Waals surface area (Å²) < 4.78 is 30.9. The van der Waals surface area contributed by atoms with E-state index in [9.17, 15) is 18.0 Å². The van der Waals surface area contributed by atoms with Crippen molar-refractivity contribution in [3.8, 4) is 10.4 Å². The van der Waals surface area contributed by atoms with Crippen LogP contribution >= 0.6 is 23.7 Å². The van der Waals surface area contributed by atoms with Gasteiger partial charge in [-0.2, -0.15) is 0 Å². The van der Waals surface area contributed by atoms with Crippen LogP contribution in [0.3, 0.4) is 0 Å². The molecule has 8 nitrogen and oxygen atoms in total. The lowest BCUT2D eigenvalue weighted by molar-refractivity contribution is -0.127. The molecular formula is C30H45ClN4O4S2. The van der Waals surface area contributed by atoms with E-state index in [0.717, 1.165) is 63.0 Å². The van der Waals surface area contributed by atoms with Gasteiger partial charge in [-0.05, 0) is 74.7 Å². The Kier molecular flexibility index (Phi) is 13.3. The number of piperidine rings is 2. The monoisotopic (exact) mass is 624 g/mol. The highest BCUT2D eigenvalue weighted by Crippen LogP contribution is 2.37. The lowest BCUT2D eigenvalue weighted by atomic mass is 9.79. The Hall–Kier alpha value is -1.82. The summed E-state index contributed by atoms with van der Waals surface area (Å²) in [6, 6.07) is 8.00. The number of amides is 1. The first kappa shape index (κ1) is 33.7. The van der Waals surface area contributed by atoms with Crippen LogP contribution < -0.4 is 20.7 Å². The van der Waals surface area contributed by atoms with Crippen LogP contribution in [-0.4, -0.2) is 52.3 Å². The molecule has 2 aliphatic heterocycles. The maximum atomic E-state index is 14.0. The first-order valence-corrected chi connectivity index (χ1v) is 17.1. The number of Topliss-reactive ketones (excluding diaryl/α,β-unsaturated/α-hetero) is 1. The van der Waals surface area contributed by atoms with Crippen LogP contribution in [0, 0.1) is 17.8 Å². The third-order valence-electron chi connectivity index (χ3n) is 8.41. The average molecular weight is 625 g/mol. The summed E-state index contributed by atoms with van der Waals surface area (Å²) in [5, 5.41) is 11.5. The molecule has 41 heavy (non-hydrogen) atoms. The molecule has 0 aliphatic carbocycles. The van der Waals surface area contributed by atoms with Crippen LogP contribution in [0.4, 0.5) is 5.69 Å². The predicted octanol–water partition coefficient (Wildman–Crippen LogP) is 5.21. The highest BCUT2D eigenvalue weighted by Gasteiger charge is 2.36. The molecule has 2 aromatic rings. The summed E-state index contributed by atoms with van der Waals surface area (Å²) in [5.74, 6) is 0.330. The van der Waals surface area contributed by atoms with E-state index in [4.69, 9.17) is 0 Å². The summed E-state index contributed by atoms with van der Waals surface area (Å²) in [6.45, 7) is 7.32. The fourth-order valence-corrected chi connectivity index (χ4v) is 8.21. The van der Waals surface area contributed by atoms with Gasteiger partial charge in [0.15, 0.2) is 5.78 Å². The number of halogens is 1. The number of carbonyl (C=O) groups excluding carboxylic acids is 2. The van der Waals surface area contributed by atoms with Crippen LogP contribution in [-0.2, 0) is 19.6 Å². The van der Waals surface area contributed by atoms with E-state index >= 15 is 0 Å². The van der Waals surface area contributed by atoms with E-state index in [1.165, 1.54) is 17.4 Å². The highest BCUT2D eigenvalue weighted by molar-refractivity contribution is 7.89. The van der Waals surface area contributed by atoms with Crippen molar-refractivity contribution in [3.63, 3.8) is 0 Å². The SMILES string of the molecule is CCC(=O)Nc1c(-c2cccs2)cccc1S(=O)(=O)N[C@@H](CCCC1CCNCC1)C(=O)C1CNCCC1CC.Cl. The average Bonchev–Trinajstić information content (AvgIpc) is 3.51. The molecular weight excluding hydrogens is 580 g/mol. The molecule has 3 heterocycles. The number of thiophene rings is 1. The van der Waals surface area contributed by atoms with Gasteiger partial charge < -0.3 is 16.0 Å². The minimum absolute atomic E-state index is 0. The van der Waals surface area contributed by atoms with E-state index in [1.54, 1.807) is 13.0 Å². The van der Waals surface area contributed by atoms with Crippen molar-refractivity contribution >= 4 is 51.1 Å². The lowest BCUT2D eigenvalue weighted by Crippen LogP contribution is -2.50. The van der Waals surface area contributed by atoms with Gasteiger partial charge in [0.25, 0.3) is 0 Å². The minimum Gasteiger partial charge on any atom is -0.324 e. The number of para-hydroxylation sites is 1. The third-order valence-corrected chi connectivity index (χ3v) is 10.8. The van der Waals surface area contributed by atoms with Gasteiger partial charge in [0.2, 0.25) is 15.9 Å². The normalized spacial score (nSPS) is 20.6. The molecule has 1 amide bonds. The molecule has 0 spiro atoms. The van der Waals surface area contributed by atoms with E-state index in [-0.39, 0.29) is 52.9 Å². The summed E-state index contributed by atoms with van der Waals surface area (Å²) in [6.07, 6.45) is 6.50. The number of ketones is 1. The van der Waals surface area contributed by atoms with Gasteiger partial charge in [0.05, 0.1) is 11.7 Å². The standard InChI is InChI=1S/C30H44N4O4S2.ClH/c1-3-22-15-18-32-20-24(22)30(36)25(10-5-8-21-13-16-31-17-14-21)34-40(37,38)27-12-6-9-23(26-11-7-19-39-26)29(27)33-28(35)4-2;/h6-7,9,11-12,19,21-22,24-25,31-32,34H,3-5,8,10,13-18,20H2,1-2H3,(H,33,35);1H/t22?,24?,25-;/m0./s1. The van der Waals surface area contributed by atoms with Crippen LogP contribution in [0.1, 0.15) is 65.2 Å². The zero-order valence-corrected chi connectivity index (χ0v) is 26.6. The van der Waals surface area contributed by atoms with E-state index in [2.05, 4.69) is 27.6 Å². The molecule has 0 bridgehead atoms. The number of rotatable bonds is 13. The Balaban J connectivity index is 0.00000462. The zero-order chi connectivity index (χ0) is 28.5. The third kappa shape index (κ3) is 8.84. The lowest BCUT2D eigenvalue weighted by Gasteiger charge is -2.33. The molecule has 4 rings (SSSR count). The molecule has 2 fully saturated rings. The van der Waals surface area contributed by atoms with Crippen molar-refractivity contribution in [2.75, 3.05) is 31.5 Å². The van der Waals surface area contributed by atoms with Crippen molar-refractivity contribution in [1.29, 1.82) is 0 Å². The Morgan fingerprint density at radius 2 is 1.80 bits per heavy atom.